The molecule has 0 saturated heterocycles. The molecule has 0 spiro atoms. The zero-order valence-corrected chi connectivity index (χ0v) is 18.8. The van der Waals surface area contributed by atoms with Crippen molar-refractivity contribution in [3.63, 3.8) is 0 Å². The van der Waals surface area contributed by atoms with Crippen LogP contribution >= 0.6 is 15.9 Å². The number of hydroxylamine groups is 2. The van der Waals surface area contributed by atoms with E-state index in [4.69, 9.17) is 4.84 Å². The Kier molecular flexibility index (Phi) is 6.46. The summed E-state index contributed by atoms with van der Waals surface area (Å²) in [5, 5.41) is 2.18. The van der Waals surface area contributed by atoms with Crippen molar-refractivity contribution < 1.29 is 9.63 Å². The van der Waals surface area contributed by atoms with E-state index in [1.807, 2.05) is 12.1 Å². The molecule has 3 fully saturated rings. The van der Waals surface area contributed by atoms with Crippen LogP contribution in [0.4, 0.5) is 0 Å². The lowest BCUT2D eigenvalue weighted by Gasteiger charge is -2.41. The van der Waals surface area contributed by atoms with Gasteiger partial charge in [0.2, 0.25) is 0 Å². The standard InChI is InChI=1S/C24H34BrNO2/c1-24(18-12-13-18,19-14-16-20(25)17-15-19)23(27)28-26(21-8-4-2-5-9-21)22-10-6-3-7-11-22/h14-18,21-22H,2-13H2,1H3. The van der Waals surface area contributed by atoms with Crippen LogP contribution in [0.2, 0.25) is 0 Å². The first-order valence-electron chi connectivity index (χ1n) is 11.4. The van der Waals surface area contributed by atoms with Crippen molar-refractivity contribution in [3.8, 4) is 0 Å². The molecule has 154 valence electrons. The normalized spacial score (nSPS) is 24.1. The Morgan fingerprint density at radius 3 is 1.86 bits per heavy atom. The highest BCUT2D eigenvalue weighted by Gasteiger charge is 2.51. The molecule has 28 heavy (non-hydrogen) atoms. The molecule has 0 amide bonds. The minimum Gasteiger partial charge on any atom is -0.366 e. The summed E-state index contributed by atoms with van der Waals surface area (Å²) in [6.45, 7) is 2.11. The Hall–Kier alpha value is -0.870. The summed E-state index contributed by atoms with van der Waals surface area (Å²) in [7, 11) is 0. The van der Waals surface area contributed by atoms with Gasteiger partial charge in [-0.3, -0.25) is 0 Å². The summed E-state index contributed by atoms with van der Waals surface area (Å²) in [6, 6.07) is 9.10. The van der Waals surface area contributed by atoms with E-state index in [9.17, 15) is 4.79 Å². The molecule has 0 radical (unpaired) electrons. The molecule has 4 heteroatoms. The second kappa shape index (κ2) is 8.87. The summed E-state index contributed by atoms with van der Waals surface area (Å²) in [5.41, 5.74) is 0.554. The van der Waals surface area contributed by atoms with Crippen LogP contribution < -0.4 is 0 Å². The molecule has 1 aromatic rings. The van der Waals surface area contributed by atoms with E-state index in [2.05, 4.69) is 40.0 Å². The van der Waals surface area contributed by atoms with E-state index in [0.29, 0.717) is 18.0 Å². The summed E-state index contributed by atoms with van der Waals surface area (Å²) >= 11 is 3.52. The zero-order chi connectivity index (χ0) is 19.6. The quantitative estimate of drug-likeness (QED) is 0.463. The predicted molar refractivity (Wildman–Crippen MR) is 116 cm³/mol. The fourth-order valence-corrected chi connectivity index (χ4v) is 5.55. The van der Waals surface area contributed by atoms with Crippen molar-refractivity contribution in [1.29, 1.82) is 0 Å². The van der Waals surface area contributed by atoms with E-state index in [1.165, 1.54) is 64.2 Å². The van der Waals surface area contributed by atoms with E-state index in [1.54, 1.807) is 0 Å². The van der Waals surface area contributed by atoms with Crippen molar-refractivity contribution in [2.45, 2.75) is 101 Å². The van der Waals surface area contributed by atoms with Gasteiger partial charge >= 0.3 is 5.97 Å². The average molecular weight is 448 g/mol. The predicted octanol–water partition coefficient (Wildman–Crippen LogP) is 6.54. The van der Waals surface area contributed by atoms with Crippen LogP contribution in [0.25, 0.3) is 0 Å². The number of hydrogen-bond donors (Lipinski definition) is 0. The molecular weight excluding hydrogens is 414 g/mol. The van der Waals surface area contributed by atoms with Crippen LogP contribution in [0, 0.1) is 5.92 Å². The van der Waals surface area contributed by atoms with Crippen LogP contribution in [-0.2, 0) is 15.0 Å². The minimum atomic E-state index is -0.539. The second-order valence-corrected chi connectivity index (χ2v) is 10.2. The van der Waals surface area contributed by atoms with Gasteiger partial charge in [-0.05, 0) is 69.1 Å². The van der Waals surface area contributed by atoms with Crippen LogP contribution in [0.3, 0.4) is 0 Å². The van der Waals surface area contributed by atoms with Crippen LogP contribution in [-0.4, -0.2) is 23.1 Å². The van der Waals surface area contributed by atoms with Crippen molar-refractivity contribution in [2.75, 3.05) is 0 Å². The number of hydrogen-bond acceptors (Lipinski definition) is 3. The molecule has 1 unspecified atom stereocenters. The molecule has 4 rings (SSSR count). The number of carbonyl (C=O) groups excluding carboxylic acids is 1. The maximum absolute atomic E-state index is 13.7. The first kappa shape index (κ1) is 20.4. The highest BCUT2D eigenvalue weighted by atomic mass is 79.9. The number of halogens is 1. The molecule has 1 atom stereocenters. The SMILES string of the molecule is CC(C(=O)ON(C1CCCCC1)C1CCCCC1)(c1ccc(Br)cc1)C1CC1. The van der Waals surface area contributed by atoms with E-state index < -0.39 is 5.41 Å². The lowest BCUT2D eigenvalue weighted by Crippen LogP contribution is -2.49. The average Bonchev–Trinajstić information content (AvgIpc) is 3.59. The third-order valence-electron chi connectivity index (χ3n) is 7.32. The lowest BCUT2D eigenvalue weighted by atomic mass is 9.78. The summed E-state index contributed by atoms with van der Waals surface area (Å²) < 4.78 is 1.05. The van der Waals surface area contributed by atoms with Crippen LogP contribution in [0.1, 0.15) is 89.5 Å². The topological polar surface area (TPSA) is 29.5 Å². The van der Waals surface area contributed by atoms with Gasteiger partial charge in [0.15, 0.2) is 0 Å². The minimum absolute atomic E-state index is 0.0338. The molecule has 1 aromatic carbocycles. The molecule has 0 aromatic heterocycles. The molecule has 0 heterocycles. The van der Waals surface area contributed by atoms with Crippen molar-refractivity contribution >= 4 is 21.9 Å². The highest BCUT2D eigenvalue weighted by molar-refractivity contribution is 9.10. The smallest absolute Gasteiger partial charge is 0.335 e. The zero-order valence-electron chi connectivity index (χ0n) is 17.2. The van der Waals surface area contributed by atoms with Crippen molar-refractivity contribution in [3.05, 3.63) is 34.3 Å². The van der Waals surface area contributed by atoms with Gasteiger partial charge in [-0.2, -0.15) is 0 Å². The maximum Gasteiger partial charge on any atom is 0.335 e. The Balaban J connectivity index is 1.56. The van der Waals surface area contributed by atoms with Crippen LogP contribution in [0.15, 0.2) is 28.7 Å². The molecule has 3 aliphatic rings. The van der Waals surface area contributed by atoms with Gasteiger partial charge in [-0.1, -0.05) is 66.6 Å². The molecule has 0 N–H and O–H groups in total. The fourth-order valence-electron chi connectivity index (χ4n) is 5.29. The van der Waals surface area contributed by atoms with Gasteiger partial charge in [0.1, 0.15) is 0 Å². The highest BCUT2D eigenvalue weighted by Crippen LogP contribution is 2.48. The van der Waals surface area contributed by atoms with Gasteiger partial charge in [0.05, 0.1) is 5.41 Å². The van der Waals surface area contributed by atoms with Crippen LogP contribution in [0.5, 0.6) is 0 Å². The van der Waals surface area contributed by atoms with Crippen molar-refractivity contribution in [1.82, 2.24) is 5.06 Å². The second-order valence-electron chi connectivity index (χ2n) is 9.31. The number of nitrogens with zero attached hydrogens (tertiary/aromatic N) is 1. The first-order chi connectivity index (χ1) is 13.6. The van der Waals surface area contributed by atoms with Gasteiger partial charge in [-0.15, -0.1) is 5.06 Å². The largest absolute Gasteiger partial charge is 0.366 e. The Bertz CT molecular complexity index is 642. The number of rotatable bonds is 6. The van der Waals surface area contributed by atoms with Gasteiger partial charge < -0.3 is 4.84 Å². The van der Waals surface area contributed by atoms with Gasteiger partial charge in [0.25, 0.3) is 0 Å². The third-order valence-corrected chi connectivity index (χ3v) is 7.85. The number of benzene rings is 1. The molecule has 3 saturated carbocycles. The summed E-state index contributed by atoms with van der Waals surface area (Å²) in [5.74, 6) is 0.370. The van der Waals surface area contributed by atoms with E-state index >= 15 is 0 Å². The Morgan fingerprint density at radius 1 is 0.893 bits per heavy atom. The summed E-state index contributed by atoms with van der Waals surface area (Å²) in [6.07, 6.45) is 14.6. The molecule has 0 aliphatic heterocycles. The molecule has 3 aliphatic carbocycles. The molecular formula is C24H34BrNO2. The monoisotopic (exact) mass is 447 g/mol. The van der Waals surface area contributed by atoms with Gasteiger partial charge in [-0.25, -0.2) is 4.79 Å². The fraction of sp³-hybridized carbons (Fsp3) is 0.708. The summed E-state index contributed by atoms with van der Waals surface area (Å²) in [4.78, 5) is 20.0. The first-order valence-corrected chi connectivity index (χ1v) is 12.1. The van der Waals surface area contributed by atoms with Gasteiger partial charge in [0, 0.05) is 16.6 Å². The Labute approximate surface area is 178 Å². The van der Waals surface area contributed by atoms with E-state index in [0.717, 1.165) is 22.9 Å². The lowest BCUT2D eigenvalue weighted by molar-refractivity contribution is -0.229. The van der Waals surface area contributed by atoms with Crippen molar-refractivity contribution in [2.24, 2.45) is 5.92 Å². The number of carbonyl (C=O) groups is 1. The molecule has 3 nitrogen and oxygen atoms in total. The molecule has 0 bridgehead atoms. The maximum atomic E-state index is 13.7. The third kappa shape index (κ3) is 4.33. The Morgan fingerprint density at radius 2 is 1.39 bits per heavy atom. The van der Waals surface area contributed by atoms with E-state index in [-0.39, 0.29) is 5.97 Å².